The second kappa shape index (κ2) is 7.58. The number of aliphatic hydroxyl groups excluding tert-OH is 1. The highest BCUT2D eigenvalue weighted by Crippen LogP contribution is 2.26. The molecule has 3 aromatic rings. The Kier molecular flexibility index (Phi) is 5.45. The van der Waals surface area contributed by atoms with Crippen molar-refractivity contribution in [1.82, 2.24) is 4.90 Å². The summed E-state index contributed by atoms with van der Waals surface area (Å²) in [7, 11) is 1.83. The van der Waals surface area contributed by atoms with Crippen LogP contribution in [-0.4, -0.2) is 23.6 Å². The van der Waals surface area contributed by atoms with Crippen LogP contribution in [-0.2, 0) is 6.54 Å². The van der Waals surface area contributed by atoms with Gasteiger partial charge in [-0.1, -0.05) is 53.5 Å². The summed E-state index contributed by atoms with van der Waals surface area (Å²) in [6.07, 6.45) is 0.776. The summed E-state index contributed by atoms with van der Waals surface area (Å²) in [5.41, 5.74) is 1.46. The van der Waals surface area contributed by atoms with Gasteiger partial charge in [0.1, 0.15) is 0 Å². The third-order valence-electron chi connectivity index (χ3n) is 3.97. The number of likely N-dealkylation sites (N-methyl/N-ethyl adjacent to an activating group) is 1. The quantitative estimate of drug-likeness (QED) is 0.721. The molecule has 0 radical (unpaired) electrons. The zero-order valence-corrected chi connectivity index (χ0v) is 15.1. The number of hydrogen-bond acceptors (Lipinski definition) is 4. The van der Waals surface area contributed by atoms with E-state index in [0.29, 0.717) is 39.7 Å². The topological polar surface area (TPSA) is 53.7 Å². The smallest absolute Gasteiger partial charge is 0.197 e. The Morgan fingerprint density at radius 2 is 1.92 bits per heavy atom. The maximum atomic E-state index is 12.7. The third-order valence-corrected chi connectivity index (χ3v) is 4.47. The van der Waals surface area contributed by atoms with E-state index in [9.17, 15) is 9.90 Å². The second-order valence-corrected chi connectivity index (χ2v) is 6.82. The van der Waals surface area contributed by atoms with Crippen LogP contribution in [0.5, 0.6) is 0 Å². The van der Waals surface area contributed by atoms with Crippen LogP contribution in [0.25, 0.3) is 11.0 Å². The molecule has 0 saturated carbocycles. The molecule has 1 aromatic heterocycles. The van der Waals surface area contributed by atoms with Gasteiger partial charge in [-0.05, 0) is 24.7 Å². The predicted molar refractivity (Wildman–Crippen MR) is 100 cm³/mol. The molecule has 0 fully saturated rings. The van der Waals surface area contributed by atoms with Crippen molar-refractivity contribution in [3.63, 3.8) is 0 Å². The number of aliphatic hydroxyl groups is 1. The Morgan fingerprint density at radius 3 is 2.64 bits per heavy atom. The number of halogens is 2. The van der Waals surface area contributed by atoms with Crippen molar-refractivity contribution >= 4 is 34.2 Å². The molecule has 0 aliphatic heterocycles. The van der Waals surface area contributed by atoms with Crippen molar-refractivity contribution in [2.75, 3.05) is 13.6 Å². The molecule has 6 heteroatoms. The van der Waals surface area contributed by atoms with E-state index >= 15 is 0 Å². The lowest BCUT2D eigenvalue weighted by Gasteiger charge is -2.20. The molecular formula is C19H17Cl2NO3. The van der Waals surface area contributed by atoms with Crippen molar-refractivity contribution in [2.45, 2.75) is 12.6 Å². The minimum atomic E-state index is -0.636. The van der Waals surface area contributed by atoms with E-state index in [1.165, 1.54) is 12.3 Å². The second-order valence-electron chi connectivity index (χ2n) is 5.98. The molecule has 1 N–H and O–H groups in total. The monoisotopic (exact) mass is 377 g/mol. The van der Waals surface area contributed by atoms with E-state index in [1.807, 2.05) is 42.3 Å². The highest BCUT2D eigenvalue weighted by atomic mass is 35.5. The van der Waals surface area contributed by atoms with Crippen LogP contribution < -0.4 is 5.43 Å². The average molecular weight is 378 g/mol. The fraction of sp³-hybridized carbons (Fsp3) is 0.211. The van der Waals surface area contributed by atoms with Crippen LogP contribution in [0.4, 0.5) is 0 Å². The van der Waals surface area contributed by atoms with Gasteiger partial charge >= 0.3 is 0 Å². The molecule has 0 amide bonds. The van der Waals surface area contributed by atoms with Crippen molar-refractivity contribution < 1.29 is 9.52 Å². The molecule has 0 unspecified atom stereocenters. The van der Waals surface area contributed by atoms with Crippen LogP contribution in [0.3, 0.4) is 0 Å². The Balaban J connectivity index is 1.81. The van der Waals surface area contributed by atoms with Gasteiger partial charge in [-0.3, -0.25) is 9.69 Å². The molecule has 0 spiro atoms. The molecule has 0 saturated heterocycles. The Morgan fingerprint density at radius 1 is 1.20 bits per heavy atom. The molecule has 130 valence electrons. The molecule has 3 rings (SSSR count). The van der Waals surface area contributed by atoms with Crippen molar-refractivity contribution in [2.24, 2.45) is 0 Å². The van der Waals surface area contributed by atoms with Crippen LogP contribution in [0.2, 0.25) is 10.0 Å². The first kappa shape index (κ1) is 18.0. The summed E-state index contributed by atoms with van der Waals surface area (Å²) in [4.78, 5) is 14.5. The summed E-state index contributed by atoms with van der Waals surface area (Å²) in [6, 6.07) is 12.5. The molecule has 25 heavy (non-hydrogen) atoms. The van der Waals surface area contributed by atoms with Gasteiger partial charge in [-0.25, -0.2) is 0 Å². The number of rotatable bonds is 5. The Bertz CT molecular complexity index is 941. The standard InChI is InChI=1S/C19H17Cl2NO3/c1-22(10-17(23)12-5-3-2-4-6-12)9-13-11-25-19-15(18(13)24)7-14(20)8-16(19)21/h2-8,11,17,23H,9-10H2,1H3/t17-/m1/s1. The summed E-state index contributed by atoms with van der Waals surface area (Å²) in [5.74, 6) is 0. The molecule has 0 aliphatic rings. The molecule has 4 nitrogen and oxygen atoms in total. The lowest BCUT2D eigenvalue weighted by Crippen LogP contribution is -2.26. The number of benzene rings is 2. The van der Waals surface area contributed by atoms with Gasteiger partial charge in [0.25, 0.3) is 0 Å². The lowest BCUT2D eigenvalue weighted by molar-refractivity contribution is 0.123. The minimum Gasteiger partial charge on any atom is -0.462 e. The maximum absolute atomic E-state index is 12.7. The summed E-state index contributed by atoms with van der Waals surface area (Å²) < 4.78 is 5.52. The summed E-state index contributed by atoms with van der Waals surface area (Å²) in [5, 5.41) is 11.3. The average Bonchev–Trinajstić information content (AvgIpc) is 2.58. The zero-order chi connectivity index (χ0) is 18.0. The molecule has 1 heterocycles. The SMILES string of the molecule is CN(Cc1coc2c(Cl)cc(Cl)cc2c1=O)C[C@@H](O)c1ccccc1. The highest BCUT2D eigenvalue weighted by Gasteiger charge is 2.15. The molecular weight excluding hydrogens is 361 g/mol. The van der Waals surface area contributed by atoms with Gasteiger partial charge < -0.3 is 9.52 Å². The first-order chi connectivity index (χ1) is 12.0. The van der Waals surface area contributed by atoms with Crippen molar-refractivity contribution in [3.05, 3.63) is 80.1 Å². The number of nitrogens with zero attached hydrogens (tertiary/aromatic N) is 1. The van der Waals surface area contributed by atoms with Gasteiger partial charge in [-0.15, -0.1) is 0 Å². The zero-order valence-electron chi connectivity index (χ0n) is 13.6. The van der Waals surface area contributed by atoms with E-state index in [4.69, 9.17) is 27.6 Å². The van der Waals surface area contributed by atoms with Crippen molar-refractivity contribution in [1.29, 1.82) is 0 Å². The fourth-order valence-corrected chi connectivity index (χ4v) is 3.28. The van der Waals surface area contributed by atoms with E-state index < -0.39 is 6.10 Å². The summed E-state index contributed by atoms with van der Waals surface area (Å²) >= 11 is 12.1. The van der Waals surface area contributed by atoms with E-state index in [2.05, 4.69) is 0 Å². The van der Waals surface area contributed by atoms with Gasteiger partial charge in [0, 0.05) is 23.7 Å². The third kappa shape index (κ3) is 4.05. The minimum absolute atomic E-state index is 0.174. The van der Waals surface area contributed by atoms with Crippen LogP contribution >= 0.6 is 23.2 Å². The van der Waals surface area contributed by atoms with Gasteiger partial charge in [0.15, 0.2) is 11.0 Å². The highest BCUT2D eigenvalue weighted by molar-refractivity contribution is 6.38. The maximum Gasteiger partial charge on any atom is 0.197 e. The predicted octanol–water partition coefficient (Wildman–Crippen LogP) is 4.27. The van der Waals surface area contributed by atoms with Crippen LogP contribution in [0.1, 0.15) is 17.2 Å². The Labute approximate surface area is 155 Å². The molecule has 0 bridgehead atoms. The molecule has 1 atom stereocenters. The fourth-order valence-electron chi connectivity index (χ4n) is 2.75. The normalized spacial score (nSPS) is 12.7. The first-order valence-electron chi connectivity index (χ1n) is 7.76. The van der Waals surface area contributed by atoms with Crippen molar-refractivity contribution in [3.8, 4) is 0 Å². The molecule has 0 aliphatic carbocycles. The van der Waals surface area contributed by atoms with Gasteiger partial charge in [-0.2, -0.15) is 0 Å². The van der Waals surface area contributed by atoms with E-state index in [1.54, 1.807) is 6.07 Å². The largest absolute Gasteiger partial charge is 0.462 e. The van der Waals surface area contributed by atoms with Gasteiger partial charge in [0.05, 0.1) is 22.8 Å². The Hall–Kier alpha value is -1.85. The van der Waals surface area contributed by atoms with Crippen LogP contribution in [0, 0.1) is 0 Å². The molecule has 2 aromatic carbocycles. The summed E-state index contributed by atoms with van der Waals surface area (Å²) in [6.45, 7) is 0.726. The number of hydrogen-bond donors (Lipinski definition) is 1. The van der Waals surface area contributed by atoms with E-state index in [-0.39, 0.29) is 5.43 Å². The lowest BCUT2D eigenvalue weighted by atomic mass is 10.1. The van der Waals surface area contributed by atoms with Crippen LogP contribution in [0.15, 0.2) is 57.9 Å². The van der Waals surface area contributed by atoms with Gasteiger partial charge in [0.2, 0.25) is 0 Å². The van der Waals surface area contributed by atoms with E-state index in [0.717, 1.165) is 5.56 Å². The first-order valence-corrected chi connectivity index (χ1v) is 8.52. The number of fused-ring (bicyclic) bond motifs is 1.